The molecule has 0 fully saturated rings. The number of nitrogens with two attached hydrogens (primary N) is 1. The maximum Gasteiger partial charge on any atom is 0.258 e. The molecule has 0 aliphatic heterocycles. The van der Waals surface area contributed by atoms with Crippen LogP contribution in [0.4, 0.5) is 4.39 Å². The normalized spacial score (nSPS) is 14.4. The second-order valence-corrected chi connectivity index (χ2v) is 5.66. The summed E-state index contributed by atoms with van der Waals surface area (Å²) in [6.45, 7) is 7.60. The molecule has 0 aliphatic carbocycles. The Hall–Kier alpha value is -1.79. The molecule has 0 amide bonds. The fourth-order valence-corrected chi connectivity index (χ4v) is 1.75. The van der Waals surface area contributed by atoms with Crippen LogP contribution in [-0.2, 0) is 10.3 Å². The Morgan fingerprint density at radius 1 is 1.43 bits per heavy atom. The van der Waals surface area contributed by atoms with Gasteiger partial charge in [-0.3, -0.25) is 0 Å². The first-order valence-corrected chi connectivity index (χ1v) is 6.81. The summed E-state index contributed by atoms with van der Waals surface area (Å²) in [7, 11) is 0. The first-order chi connectivity index (χ1) is 9.79. The zero-order valence-electron chi connectivity index (χ0n) is 12.7. The summed E-state index contributed by atoms with van der Waals surface area (Å²) in [5.41, 5.74) is 6.50. The maximum absolute atomic E-state index is 13.3. The van der Waals surface area contributed by atoms with E-state index in [0.717, 1.165) is 0 Å². The molecule has 2 aromatic rings. The van der Waals surface area contributed by atoms with Crippen LogP contribution in [0.1, 0.15) is 32.2 Å². The van der Waals surface area contributed by atoms with E-state index in [1.54, 1.807) is 26.0 Å². The van der Waals surface area contributed by atoms with Gasteiger partial charge in [0, 0.05) is 5.56 Å². The van der Waals surface area contributed by atoms with Gasteiger partial charge in [0.15, 0.2) is 5.82 Å². The highest BCUT2D eigenvalue weighted by atomic mass is 19.1. The Balaban J connectivity index is 2.22. The molecular weight excluding hydrogens is 273 g/mol. The van der Waals surface area contributed by atoms with Crippen molar-refractivity contribution in [3.05, 3.63) is 35.4 Å². The van der Waals surface area contributed by atoms with E-state index < -0.39 is 5.54 Å². The lowest BCUT2D eigenvalue weighted by atomic mass is 10.0. The van der Waals surface area contributed by atoms with E-state index in [-0.39, 0.29) is 18.5 Å². The summed E-state index contributed by atoms with van der Waals surface area (Å²) in [5.74, 6) is 0.405. The molecule has 21 heavy (non-hydrogen) atoms. The van der Waals surface area contributed by atoms with Crippen LogP contribution in [0.25, 0.3) is 11.5 Å². The van der Waals surface area contributed by atoms with Crippen molar-refractivity contribution in [2.75, 3.05) is 6.61 Å². The summed E-state index contributed by atoms with van der Waals surface area (Å²) < 4.78 is 24.0. The van der Waals surface area contributed by atoms with E-state index in [9.17, 15) is 4.39 Å². The molecule has 5 nitrogen and oxygen atoms in total. The molecule has 0 bridgehead atoms. The van der Waals surface area contributed by atoms with Gasteiger partial charge in [-0.15, -0.1) is 0 Å². The monoisotopic (exact) mass is 293 g/mol. The molecule has 1 atom stereocenters. The number of aromatic nitrogens is 2. The predicted octanol–water partition coefficient (Wildman–Crippen LogP) is 2.78. The van der Waals surface area contributed by atoms with Gasteiger partial charge in [-0.25, -0.2) is 4.39 Å². The van der Waals surface area contributed by atoms with Crippen molar-refractivity contribution in [2.24, 2.45) is 5.73 Å². The van der Waals surface area contributed by atoms with Crippen molar-refractivity contribution in [1.82, 2.24) is 10.1 Å². The van der Waals surface area contributed by atoms with Crippen molar-refractivity contribution in [2.45, 2.75) is 39.3 Å². The van der Waals surface area contributed by atoms with Crippen molar-refractivity contribution < 1.29 is 13.7 Å². The van der Waals surface area contributed by atoms with Gasteiger partial charge in [0.05, 0.1) is 12.7 Å². The van der Waals surface area contributed by atoms with Crippen LogP contribution in [0.5, 0.6) is 0 Å². The molecule has 1 aromatic heterocycles. The van der Waals surface area contributed by atoms with E-state index in [4.69, 9.17) is 15.0 Å². The lowest BCUT2D eigenvalue weighted by molar-refractivity contribution is 0.0410. The van der Waals surface area contributed by atoms with Crippen LogP contribution >= 0.6 is 0 Å². The van der Waals surface area contributed by atoms with Crippen LogP contribution in [0.2, 0.25) is 0 Å². The third kappa shape index (κ3) is 3.65. The van der Waals surface area contributed by atoms with E-state index in [1.807, 2.05) is 13.8 Å². The average molecular weight is 293 g/mol. The highest BCUT2D eigenvalue weighted by molar-refractivity contribution is 5.54. The zero-order chi connectivity index (χ0) is 15.6. The van der Waals surface area contributed by atoms with Gasteiger partial charge in [0.2, 0.25) is 0 Å². The van der Waals surface area contributed by atoms with Crippen LogP contribution < -0.4 is 5.73 Å². The summed E-state index contributed by atoms with van der Waals surface area (Å²) in [6.07, 6.45) is 0.0685. The Morgan fingerprint density at radius 2 is 2.14 bits per heavy atom. The van der Waals surface area contributed by atoms with Crippen molar-refractivity contribution in [3.8, 4) is 11.5 Å². The molecule has 1 unspecified atom stereocenters. The standard InChI is InChI=1S/C15H20FN3O2/c1-9(2)20-8-15(4,17)14-18-13(21-19-14)11-5-6-12(16)10(3)7-11/h5-7,9H,8,17H2,1-4H3. The lowest BCUT2D eigenvalue weighted by Gasteiger charge is -2.21. The summed E-state index contributed by atoms with van der Waals surface area (Å²) in [6, 6.07) is 4.63. The van der Waals surface area contributed by atoms with Gasteiger partial charge in [-0.1, -0.05) is 5.16 Å². The van der Waals surface area contributed by atoms with Crippen LogP contribution in [0.15, 0.2) is 22.7 Å². The lowest BCUT2D eigenvalue weighted by Crippen LogP contribution is -2.40. The minimum atomic E-state index is -0.846. The highest BCUT2D eigenvalue weighted by Crippen LogP contribution is 2.23. The molecule has 0 saturated carbocycles. The number of benzene rings is 1. The van der Waals surface area contributed by atoms with Crippen molar-refractivity contribution >= 4 is 0 Å². The molecule has 2 rings (SSSR count). The largest absolute Gasteiger partial charge is 0.376 e. The van der Waals surface area contributed by atoms with Crippen LogP contribution in [-0.4, -0.2) is 22.9 Å². The van der Waals surface area contributed by atoms with E-state index in [2.05, 4.69) is 10.1 Å². The van der Waals surface area contributed by atoms with Gasteiger partial charge in [-0.2, -0.15) is 4.98 Å². The molecule has 0 radical (unpaired) electrons. The Morgan fingerprint density at radius 3 is 2.76 bits per heavy atom. The third-order valence-corrected chi connectivity index (χ3v) is 3.06. The minimum absolute atomic E-state index is 0.0685. The Bertz CT molecular complexity index is 623. The summed E-state index contributed by atoms with van der Waals surface area (Å²) in [5, 5.41) is 3.91. The molecule has 6 heteroatoms. The zero-order valence-corrected chi connectivity index (χ0v) is 12.7. The SMILES string of the molecule is Cc1cc(-c2nc(C(C)(N)COC(C)C)no2)ccc1F. The van der Waals surface area contributed by atoms with Crippen LogP contribution in [0.3, 0.4) is 0 Å². The maximum atomic E-state index is 13.3. The van der Waals surface area contributed by atoms with E-state index in [0.29, 0.717) is 22.8 Å². The van der Waals surface area contributed by atoms with Gasteiger partial charge >= 0.3 is 0 Å². The molecule has 1 aromatic carbocycles. The topological polar surface area (TPSA) is 74.2 Å². The third-order valence-electron chi connectivity index (χ3n) is 3.06. The number of ether oxygens (including phenoxy) is 1. The van der Waals surface area contributed by atoms with Crippen molar-refractivity contribution in [1.29, 1.82) is 0 Å². The quantitative estimate of drug-likeness (QED) is 0.917. The molecular formula is C15H20FN3O2. The Labute approximate surface area is 123 Å². The van der Waals surface area contributed by atoms with Gasteiger partial charge in [0.25, 0.3) is 5.89 Å². The second kappa shape index (κ2) is 5.91. The molecule has 2 N–H and O–H groups in total. The van der Waals surface area contributed by atoms with Crippen LogP contribution in [0, 0.1) is 12.7 Å². The molecule has 114 valence electrons. The summed E-state index contributed by atoms with van der Waals surface area (Å²) >= 11 is 0. The molecule has 1 heterocycles. The number of rotatable bonds is 5. The fraction of sp³-hybridized carbons (Fsp3) is 0.467. The smallest absolute Gasteiger partial charge is 0.258 e. The highest BCUT2D eigenvalue weighted by Gasteiger charge is 2.28. The fourth-order valence-electron chi connectivity index (χ4n) is 1.75. The number of nitrogens with zero attached hydrogens (tertiary/aromatic N) is 2. The van der Waals surface area contributed by atoms with E-state index in [1.165, 1.54) is 6.07 Å². The van der Waals surface area contributed by atoms with Gasteiger partial charge in [-0.05, 0) is 51.5 Å². The first kappa shape index (κ1) is 15.6. The predicted molar refractivity (Wildman–Crippen MR) is 77.1 cm³/mol. The number of hydrogen-bond donors (Lipinski definition) is 1. The number of halogens is 1. The molecule has 0 aliphatic rings. The van der Waals surface area contributed by atoms with Gasteiger partial charge < -0.3 is 15.0 Å². The molecule has 0 saturated heterocycles. The average Bonchev–Trinajstić information content (AvgIpc) is 2.90. The summed E-state index contributed by atoms with van der Waals surface area (Å²) in [4.78, 5) is 4.30. The first-order valence-electron chi connectivity index (χ1n) is 6.81. The second-order valence-electron chi connectivity index (χ2n) is 5.66. The van der Waals surface area contributed by atoms with Gasteiger partial charge in [0.1, 0.15) is 11.4 Å². The van der Waals surface area contributed by atoms with E-state index >= 15 is 0 Å². The van der Waals surface area contributed by atoms with Crippen molar-refractivity contribution in [3.63, 3.8) is 0 Å². The number of aryl methyl sites for hydroxylation is 1. The Kier molecular flexibility index (Phi) is 4.39. The molecule has 0 spiro atoms. The minimum Gasteiger partial charge on any atom is -0.376 e. The number of hydrogen-bond acceptors (Lipinski definition) is 5.